The summed E-state index contributed by atoms with van der Waals surface area (Å²) in [4.78, 5) is 26.8. The van der Waals surface area contributed by atoms with Gasteiger partial charge >= 0.3 is 6.03 Å². The maximum atomic E-state index is 12.0. The van der Waals surface area contributed by atoms with Crippen LogP contribution in [0.25, 0.3) is 0 Å². The number of nitrogens with zero attached hydrogens (tertiary/aromatic N) is 5. The van der Waals surface area contributed by atoms with Crippen LogP contribution in [-0.2, 0) is 23.1 Å². The van der Waals surface area contributed by atoms with Crippen molar-refractivity contribution in [1.29, 1.82) is 0 Å². The lowest BCUT2D eigenvalue weighted by molar-refractivity contribution is -0.131. The van der Waals surface area contributed by atoms with E-state index in [2.05, 4.69) is 25.0 Å². The van der Waals surface area contributed by atoms with E-state index in [1.54, 1.807) is 4.90 Å². The molecule has 144 valence electrons. The molecule has 3 rings (SSSR count). The van der Waals surface area contributed by atoms with Gasteiger partial charge in [0, 0.05) is 39.1 Å². The number of amides is 3. The second kappa shape index (κ2) is 8.45. The lowest BCUT2D eigenvalue weighted by Crippen LogP contribution is -2.45. The van der Waals surface area contributed by atoms with E-state index in [-0.39, 0.29) is 12.5 Å². The average Bonchev–Trinajstić information content (AvgIpc) is 3.01. The Hall–Kier alpha value is -2.20. The van der Waals surface area contributed by atoms with Crippen molar-refractivity contribution in [2.24, 2.45) is 12.8 Å². The van der Waals surface area contributed by atoms with Crippen molar-refractivity contribution in [2.45, 2.75) is 25.3 Å². The van der Waals surface area contributed by atoms with E-state index in [1.165, 1.54) is 0 Å². The topological polar surface area (TPSA) is 119 Å². The molecular weight excluding hydrogens is 338 g/mol. The summed E-state index contributed by atoms with van der Waals surface area (Å²) in [7, 11) is 2.01. The van der Waals surface area contributed by atoms with E-state index < -0.39 is 6.03 Å². The fourth-order valence-corrected chi connectivity index (χ4v) is 3.49. The van der Waals surface area contributed by atoms with Crippen LogP contribution in [0, 0.1) is 0 Å². The molecule has 1 aromatic heterocycles. The number of carbonyl (C=O) groups is 2. The number of nitrogens with two attached hydrogens (primary N) is 1. The van der Waals surface area contributed by atoms with Crippen LogP contribution in [0.15, 0.2) is 0 Å². The molecule has 0 unspecified atom stereocenters. The summed E-state index contributed by atoms with van der Waals surface area (Å²) in [5.74, 6) is 2.13. The molecule has 2 saturated heterocycles. The minimum absolute atomic E-state index is 0.0480. The third-order valence-electron chi connectivity index (χ3n) is 5.09. The highest BCUT2D eigenvalue weighted by atomic mass is 16.5. The summed E-state index contributed by atoms with van der Waals surface area (Å²) < 4.78 is 7.47. The first-order valence-corrected chi connectivity index (χ1v) is 9.04. The standard InChI is InChI=1S/C16H27N7O3/c1-21-13(11-22-6-8-26-9-7-22)19-20-15(21)12-2-4-23(5-3-12)14(24)10-18-16(17)25/h12H,2-11H2,1H3,(H3,17,18,25). The number of hydrogen-bond donors (Lipinski definition) is 2. The number of piperidine rings is 1. The molecule has 0 bridgehead atoms. The van der Waals surface area contributed by atoms with Crippen LogP contribution < -0.4 is 11.1 Å². The summed E-state index contributed by atoms with van der Waals surface area (Å²) in [6.45, 7) is 5.40. The van der Waals surface area contributed by atoms with E-state index in [0.29, 0.717) is 19.0 Å². The maximum absolute atomic E-state index is 12.0. The number of rotatable bonds is 5. The van der Waals surface area contributed by atoms with Gasteiger partial charge in [-0.1, -0.05) is 0 Å². The van der Waals surface area contributed by atoms with E-state index in [1.807, 2.05) is 7.05 Å². The van der Waals surface area contributed by atoms with Gasteiger partial charge in [0.25, 0.3) is 0 Å². The summed E-state index contributed by atoms with van der Waals surface area (Å²) >= 11 is 0. The zero-order valence-electron chi connectivity index (χ0n) is 15.2. The fourth-order valence-electron chi connectivity index (χ4n) is 3.49. The molecule has 10 nitrogen and oxygen atoms in total. The predicted octanol–water partition coefficient (Wildman–Crippen LogP) is -0.978. The molecule has 26 heavy (non-hydrogen) atoms. The van der Waals surface area contributed by atoms with E-state index in [4.69, 9.17) is 10.5 Å². The van der Waals surface area contributed by atoms with Crippen LogP contribution in [0.1, 0.15) is 30.4 Å². The van der Waals surface area contributed by atoms with E-state index in [0.717, 1.165) is 57.3 Å². The van der Waals surface area contributed by atoms with Gasteiger partial charge in [-0.05, 0) is 12.8 Å². The van der Waals surface area contributed by atoms with Crippen molar-refractivity contribution in [1.82, 2.24) is 29.9 Å². The normalized spacial score (nSPS) is 19.5. The van der Waals surface area contributed by atoms with E-state index >= 15 is 0 Å². The Bertz CT molecular complexity index is 634. The van der Waals surface area contributed by atoms with Crippen molar-refractivity contribution in [3.05, 3.63) is 11.6 Å². The summed E-state index contributed by atoms with van der Waals surface area (Å²) in [5.41, 5.74) is 5.01. The number of nitrogens with one attached hydrogen (secondary N) is 1. The minimum Gasteiger partial charge on any atom is -0.379 e. The Morgan fingerprint density at radius 3 is 2.54 bits per heavy atom. The molecule has 0 saturated carbocycles. The molecule has 0 aliphatic carbocycles. The Morgan fingerprint density at radius 2 is 1.88 bits per heavy atom. The molecular formula is C16H27N7O3. The number of likely N-dealkylation sites (tertiary alicyclic amines) is 1. The second-order valence-electron chi connectivity index (χ2n) is 6.79. The number of morpholine rings is 1. The van der Waals surface area contributed by atoms with Gasteiger partial charge in [-0.3, -0.25) is 9.69 Å². The highest BCUT2D eigenvalue weighted by Crippen LogP contribution is 2.27. The molecule has 2 fully saturated rings. The maximum Gasteiger partial charge on any atom is 0.312 e. The Labute approximate surface area is 152 Å². The number of ether oxygens (including phenoxy) is 1. The molecule has 0 aromatic carbocycles. The highest BCUT2D eigenvalue weighted by molar-refractivity contribution is 5.83. The van der Waals surface area contributed by atoms with Crippen LogP contribution in [0.4, 0.5) is 4.79 Å². The first kappa shape index (κ1) is 18.6. The zero-order valence-corrected chi connectivity index (χ0v) is 15.2. The molecule has 3 heterocycles. The average molecular weight is 365 g/mol. The van der Waals surface area contributed by atoms with Crippen molar-refractivity contribution in [3.8, 4) is 0 Å². The minimum atomic E-state index is -0.680. The van der Waals surface area contributed by atoms with Crippen molar-refractivity contribution < 1.29 is 14.3 Å². The Balaban J connectivity index is 1.53. The largest absolute Gasteiger partial charge is 0.379 e. The van der Waals surface area contributed by atoms with Crippen LogP contribution in [0.3, 0.4) is 0 Å². The lowest BCUT2D eigenvalue weighted by Gasteiger charge is -2.31. The lowest BCUT2D eigenvalue weighted by atomic mass is 9.96. The smallest absolute Gasteiger partial charge is 0.312 e. The quantitative estimate of drug-likeness (QED) is 0.692. The number of hydrogen-bond acceptors (Lipinski definition) is 6. The van der Waals surface area contributed by atoms with Gasteiger partial charge in [-0.25, -0.2) is 4.79 Å². The molecule has 0 atom stereocenters. The number of aromatic nitrogens is 3. The molecule has 1 aromatic rings. The summed E-state index contributed by atoms with van der Waals surface area (Å²) in [6, 6.07) is -0.680. The van der Waals surface area contributed by atoms with Gasteiger partial charge in [0.05, 0.1) is 26.3 Å². The molecule has 2 aliphatic rings. The van der Waals surface area contributed by atoms with Gasteiger partial charge < -0.3 is 25.3 Å². The number of primary amides is 1. The summed E-state index contributed by atoms with van der Waals surface area (Å²) in [6.07, 6.45) is 1.68. The second-order valence-corrected chi connectivity index (χ2v) is 6.79. The molecule has 0 radical (unpaired) electrons. The Morgan fingerprint density at radius 1 is 1.19 bits per heavy atom. The number of urea groups is 1. The van der Waals surface area contributed by atoms with Gasteiger partial charge in [-0.15, -0.1) is 10.2 Å². The van der Waals surface area contributed by atoms with Crippen LogP contribution >= 0.6 is 0 Å². The van der Waals surface area contributed by atoms with Crippen LogP contribution in [0.5, 0.6) is 0 Å². The molecule has 3 amide bonds. The van der Waals surface area contributed by atoms with Gasteiger partial charge in [0.15, 0.2) is 0 Å². The SMILES string of the molecule is Cn1c(CN2CCOCC2)nnc1C1CCN(C(=O)CNC(N)=O)CC1. The third-order valence-corrected chi connectivity index (χ3v) is 5.09. The van der Waals surface area contributed by atoms with Crippen molar-refractivity contribution in [3.63, 3.8) is 0 Å². The predicted molar refractivity (Wildman–Crippen MR) is 93.2 cm³/mol. The molecule has 3 N–H and O–H groups in total. The third kappa shape index (κ3) is 4.50. The first-order chi connectivity index (χ1) is 12.5. The van der Waals surface area contributed by atoms with Crippen LogP contribution in [0.2, 0.25) is 0 Å². The van der Waals surface area contributed by atoms with Crippen LogP contribution in [-0.4, -0.2) is 82.4 Å². The van der Waals surface area contributed by atoms with Crippen molar-refractivity contribution in [2.75, 3.05) is 45.9 Å². The van der Waals surface area contributed by atoms with E-state index in [9.17, 15) is 9.59 Å². The first-order valence-electron chi connectivity index (χ1n) is 9.04. The van der Waals surface area contributed by atoms with Gasteiger partial charge in [-0.2, -0.15) is 0 Å². The molecule has 2 aliphatic heterocycles. The Kier molecular flexibility index (Phi) is 6.04. The van der Waals surface area contributed by atoms with Gasteiger partial charge in [0.2, 0.25) is 5.91 Å². The van der Waals surface area contributed by atoms with Crippen molar-refractivity contribution >= 4 is 11.9 Å². The molecule has 10 heteroatoms. The zero-order chi connectivity index (χ0) is 18.5. The highest BCUT2D eigenvalue weighted by Gasteiger charge is 2.27. The molecule has 0 spiro atoms. The summed E-state index contributed by atoms with van der Waals surface area (Å²) in [5, 5.41) is 11.1. The fraction of sp³-hybridized carbons (Fsp3) is 0.750. The number of carbonyl (C=O) groups excluding carboxylic acids is 2. The monoisotopic (exact) mass is 365 g/mol. The van der Waals surface area contributed by atoms with Gasteiger partial charge in [0.1, 0.15) is 11.6 Å².